The predicted octanol–water partition coefficient (Wildman–Crippen LogP) is -1.58. The summed E-state index contributed by atoms with van der Waals surface area (Å²) < 4.78 is 0. The minimum atomic E-state index is -1.67. The van der Waals surface area contributed by atoms with Gasteiger partial charge in [0.15, 0.2) is 0 Å². The molecule has 6 nitrogen and oxygen atoms in total. The van der Waals surface area contributed by atoms with Crippen molar-refractivity contribution >= 4 is 11.9 Å². The first kappa shape index (κ1) is 21.8. The van der Waals surface area contributed by atoms with Crippen LogP contribution in [0.3, 0.4) is 0 Å². The van der Waals surface area contributed by atoms with Crippen LogP contribution >= 0.6 is 0 Å². The third-order valence-corrected chi connectivity index (χ3v) is 2.46. The Morgan fingerprint density at radius 3 is 1.53 bits per heavy atom. The Balaban J connectivity index is -0.000000247. The Kier molecular flexibility index (Phi) is 12.3. The molecule has 1 fully saturated rings. The zero-order valence-electron chi connectivity index (χ0n) is 10.1. The maximum absolute atomic E-state index is 10.2. The molecule has 104 valence electrons. The molecule has 0 radical (unpaired) electrons. The number of rotatable bonds is 3. The van der Waals surface area contributed by atoms with Gasteiger partial charge in [-0.05, 0) is 25.3 Å². The molecule has 0 aromatic heterocycles. The van der Waals surface area contributed by atoms with E-state index < -0.39 is 17.4 Å². The molecule has 1 rings (SSSR count). The Bertz CT molecular complexity index is 226. The van der Waals surface area contributed by atoms with Crippen LogP contribution in [0, 0.1) is 11.3 Å². The van der Waals surface area contributed by atoms with Crippen molar-refractivity contribution in [3.05, 3.63) is 0 Å². The quantitative estimate of drug-likeness (QED) is 0.521. The molecule has 0 amide bonds. The summed E-state index contributed by atoms with van der Waals surface area (Å²) in [5.41, 5.74) is 3.50. The van der Waals surface area contributed by atoms with Gasteiger partial charge < -0.3 is 31.7 Å². The predicted molar refractivity (Wildman–Crippen MR) is 55.2 cm³/mol. The van der Waals surface area contributed by atoms with Crippen LogP contribution in [-0.4, -0.2) is 18.5 Å². The minimum absolute atomic E-state index is 0. The van der Waals surface area contributed by atoms with Crippen molar-refractivity contribution in [3.63, 3.8) is 0 Å². The Morgan fingerprint density at radius 1 is 1.24 bits per heavy atom. The summed E-state index contributed by atoms with van der Waals surface area (Å²) in [4.78, 5) is 20.4. The first-order valence-corrected chi connectivity index (χ1v) is 4.99. The number of hydrogen-bond donors (Lipinski definition) is 2. The fourth-order valence-electron chi connectivity index (χ4n) is 1.02. The molecule has 17 heavy (non-hydrogen) atoms. The van der Waals surface area contributed by atoms with Crippen molar-refractivity contribution in [1.29, 1.82) is 0 Å². The normalized spacial score (nSPS) is 15.3. The summed E-state index contributed by atoms with van der Waals surface area (Å²) in [5, 5.41) is 20.4. The van der Waals surface area contributed by atoms with E-state index in [0.717, 1.165) is 6.54 Å². The molecule has 0 saturated heterocycles. The van der Waals surface area contributed by atoms with Crippen molar-refractivity contribution < 1.29 is 40.9 Å². The van der Waals surface area contributed by atoms with E-state index in [4.69, 9.17) is 5.73 Å². The second kappa shape index (κ2) is 9.57. The number of carboxylic acid groups (broad SMARTS) is 2. The van der Waals surface area contributed by atoms with E-state index in [1.807, 2.05) is 0 Å². The average Bonchev–Trinajstić information content (AvgIpc) is 2.01. The van der Waals surface area contributed by atoms with E-state index in [0.29, 0.717) is 12.3 Å². The smallest absolute Gasteiger partial charge is 0.549 e. The summed E-state index contributed by atoms with van der Waals surface area (Å²) in [7, 11) is 0. The number of carbonyl (C=O) groups is 2. The number of carboxylic acids is 2. The van der Waals surface area contributed by atoms with E-state index in [1.54, 1.807) is 0 Å². The molecule has 1 saturated carbocycles. The van der Waals surface area contributed by atoms with Crippen LogP contribution in [-0.2, 0) is 30.7 Å². The first-order valence-electron chi connectivity index (χ1n) is 4.99. The second-order valence-electron chi connectivity index (χ2n) is 4.14. The zero-order chi connectivity index (χ0) is 12.1. The van der Waals surface area contributed by atoms with E-state index in [2.05, 4.69) is 13.8 Å². The topological polar surface area (TPSA) is 141 Å². The van der Waals surface area contributed by atoms with E-state index >= 15 is 0 Å². The van der Waals surface area contributed by atoms with E-state index in [1.165, 1.54) is 0 Å². The van der Waals surface area contributed by atoms with Gasteiger partial charge in [0.05, 0.1) is 11.9 Å². The van der Waals surface area contributed by atoms with Gasteiger partial charge in [0.25, 0.3) is 0 Å². The minimum Gasteiger partial charge on any atom is -0.549 e. The molecule has 0 aromatic carbocycles. The van der Waals surface area contributed by atoms with Crippen LogP contribution in [0.15, 0.2) is 0 Å². The van der Waals surface area contributed by atoms with Crippen molar-refractivity contribution in [1.82, 2.24) is 6.15 Å². The third kappa shape index (κ3) is 6.15. The van der Waals surface area contributed by atoms with Gasteiger partial charge in [0, 0.05) is 5.41 Å². The summed E-state index contributed by atoms with van der Waals surface area (Å²) in [6.45, 7) is 5.00. The van der Waals surface area contributed by atoms with Crippen LogP contribution < -0.4 is 22.1 Å². The molecule has 7 heteroatoms. The van der Waals surface area contributed by atoms with Gasteiger partial charge in [0.1, 0.15) is 0 Å². The van der Waals surface area contributed by atoms with Crippen LogP contribution in [0.2, 0.25) is 0 Å². The standard InChI is InChI=1S/C6H8O4.C4H11N.H3N.Pt/c7-4(8)6(5(9)10)2-1-3-6;1-4(2)3-5;;/h1-3H2,(H,7,8)(H,9,10);4H,3,5H2,1-2H3;1H3;/q;;;+2/p-2. The van der Waals surface area contributed by atoms with Crippen molar-refractivity contribution in [3.8, 4) is 0 Å². The van der Waals surface area contributed by atoms with Gasteiger partial charge in [-0.3, -0.25) is 0 Å². The maximum Gasteiger partial charge on any atom is 2.00 e. The molecule has 5 N–H and O–H groups in total. The van der Waals surface area contributed by atoms with Gasteiger partial charge in [0.2, 0.25) is 0 Å². The molecule has 0 atom stereocenters. The van der Waals surface area contributed by atoms with Crippen LogP contribution in [0.1, 0.15) is 33.1 Å². The molecular formula is C10H20N2O4Pt. The van der Waals surface area contributed by atoms with Crippen LogP contribution in [0.25, 0.3) is 0 Å². The number of nitrogens with two attached hydrogens (primary N) is 1. The van der Waals surface area contributed by atoms with Gasteiger partial charge in [-0.2, -0.15) is 0 Å². The first-order chi connectivity index (χ1) is 6.86. The summed E-state index contributed by atoms with van der Waals surface area (Å²) in [6, 6.07) is 0. The summed E-state index contributed by atoms with van der Waals surface area (Å²) in [5.74, 6) is -2.37. The maximum atomic E-state index is 10.2. The number of carbonyl (C=O) groups excluding carboxylic acids is 2. The molecule has 1 aliphatic rings. The van der Waals surface area contributed by atoms with E-state index in [9.17, 15) is 19.8 Å². The second-order valence-corrected chi connectivity index (χ2v) is 4.14. The monoisotopic (exact) mass is 427 g/mol. The Hall–Kier alpha value is -0.452. The van der Waals surface area contributed by atoms with Gasteiger partial charge in [-0.25, -0.2) is 0 Å². The Morgan fingerprint density at radius 2 is 1.53 bits per heavy atom. The largest absolute Gasteiger partial charge is 2.00 e. The molecule has 0 aromatic rings. The molecule has 1 aliphatic carbocycles. The number of aliphatic carboxylic acids is 2. The van der Waals surface area contributed by atoms with Crippen LogP contribution in [0.5, 0.6) is 0 Å². The van der Waals surface area contributed by atoms with Gasteiger partial charge in [-0.15, -0.1) is 0 Å². The van der Waals surface area contributed by atoms with Crippen molar-refractivity contribution in [2.24, 2.45) is 17.1 Å². The SMILES string of the molecule is CC(C)CN.N.O=C([O-])C1(C(=O)[O-])CCC1.[Pt+2]. The molecule has 0 heterocycles. The van der Waals surface area contributed by atoms with Crippen molar-refractivity contribution in [2.75, 3.05) is 6.54 Å². The van der Waals surface area contributed by atoms with E-state index in [-0.39, 0.29) is 40.1 Å². The average molecular weight is 427 g/mol. The summed E-state index contributed by atoms with van der Waals surface area (Å²) in [6.07, 6.45) is 0.928. The zero-order valence-corrected chi connectivity index (χ0v) is 12.4. The molecular weight excluding hydrogens is 407 g/mol. The van der Waals surface area contributed by atoms with Gasteiger partial charge >= 0.3 is 21.1 Å². The van der Waals surface area contributed by atoms with Crippen LogP contribution in [0.4, 0.5) is 0 Å². The van der Waals surface area contributed by atoms with Crippen molar-refractivity contribution in [2.45, 2.75) is 33.1 Å². The molecule has 0 aliphatic heterocycles. The Labute approximate surface area is 116 Å². The molecule has 0 unspecified atom stereocenters. The summed E-state index contributed by atoms with van der Waals surface area (Å²) >= 11 is 0. The molecule has 0 bridgehead atoms. The number of hydrogen-bond acceptors (Lipinski definition) is 6. The third-order valence-electron chi connectivity index (χ3n) is 2.46. The fraction of sp³-hybridized carbons (Fsp3) is 0.800. The fourth-order valence-corrected chi connectivity index (χ4v) is 1.02. The van der Waals surface area contributed by atoms with Gasteiger partial charge in [-0.1, -0.05) is 20.3 Å². The molecule has 0 spiro atoms.